The highest BCUT2D eigenvalue weighted by Gasteiger charge is 2.27. The number of ether oxygens (including phenoxy) is 2. The molecule has 0 atom stereocenters. The number of hydrogen-bond donors (Lipinski definition) is 0. The van der Waals surface area contributed by atoms with Crippen LogP contribution < -0.4 is 30.7 Å². The maximum atomic E-state index is 5.51. The first-order valence-electron chi connectivity index (χ1n) is 7.71. The fourth-order valence-electron chi connectivity index (χ4n) is 3.35. The lowest BCUT2D eigenvalue weighted by Crippen LogP contribution is -3.61. The van der Waals surface area contributed by atoms with Gasteiger partial charge in [-0.05, 0) is 74.2 Å². The van der Waals surface area contributed by atoms with Gasteiger partial charge in [0.2, 0.25) is 3.92 Å². The summed E-state index contributed by atoms with van der Waals surface area (Å²) in [5.41, 5.74) is 7.66. The first-order valence-corrected chi connectivity index (χ1v) is 11.1. The van der Waals surface area contributed by atoms with Gasteiger partial charge < -0.3 is 9.47 Å². The Morgan fingerprint density at radius 2 is 1.00 bits per heavy atom. The van der Waals surface area contributed by atoms with Gasteiger partial charge in [0, 0.05) is 11.1 Å². The number of rotatable bonds is 5. The van der Waals surface area contributed by atoms with E-state index >= 15 is 0 Å². The zero-order valence-electron chi connectivity index (χ0n) is 15.1. The van der Waals surface area contributed by atoms with Gasteiger partial charge in [-0.1, -0.05) is 0 Å². The van der Waals surface area contributed by atoms with Crippen LogP contribution in [-0.4, -0.2) is 19.2 Å². The molecule has 2 rings (SSSR count). The molecule has 0 aromatic heterocycles. The molecule has 23 heavy (non-hydrogen) atoms. The van der Waals surface area contributed by atoms with Crippen molar-refractivity contribution in [1.29, 1.82) is 0 Å². The van der Waals surface area contributed by atoms with Crippen LogP contribution in [0, 0.1) is 27.7 Å². The van der Waals surface area contributed by atoms with Gasteiger partial charge >= 0.3 is 0 Å². The summed E-state index contributed by atoms with van der Waals surface area (Å²) in [6.07, 6.45) is 0. The SMILES string of the molecule is COc1c(C)cc(C([I+]C)c2cc(C)c(OC)c(C)c2)cc1C. The van der Waals surface area contributed by atoms with Crippen LogP contribution in [0.5, 0.6) is 11.5 Å². The van der Waals surface area contributed by atoms with E-state index in [2.05, 4.69) is 56.9 Å². The molecule has 2 aromatic rings. The molecule has 0 fully saturated rings. The van der Waals surface area contributed by atoms with Crippen molar-refractivity contribution in [3.8, 4) is 11.5 Å². The average Bonchev–Trinajstić information content (AvgIpc) is 2.47. The number of halogens is 1. The first kappa shape index (κ1) is 18.1. The van der Waals surface area contributed by atoms with Gasteiger partial charge in [-0.2, -0.15) is 0 Å². The molecule has 0 aliphatic heterocycles. The van der Waals surface area contributed by atoms with E-state index in [-0.39, 0.29) is 21.2 Å². The fraction of sp³-hybridized carbons (Fsp3) is 0.400. The smallest absolute Gasteiger partial charge is 0.279 e. The molecule has 2 aromatic carbocycles. The van der Waals surface area contributed by atoms with E-state index in [0.717, 1.165) is 11.5 Å². The Bertz CT molecular complexity index is 601. The van der Waals surface area contributed by atoms with Gasteiger partial charge in [0.05, 0.1) is 14.2 Å². The first-order chi connectivity index (χ1) is 10.9. The largest absolute Gasteiger partial charge is 0.496 e. The minimum atomic E-state index is 0.0227. The summed E-state index contributed by atoms with van der Waals surface area (Å²) >= 11 is 0.0227. The Morgan fingerprint density at radius 3 is 1.22 bits per heavy atom. The summed E-state index contributed by atoms with van der Waals surface area (Å²) < 4.78 is 11.5. The number of benzene rings is 2. The van der Waals surface area contributed by atoms with Crippen LogP contribution in [-0.2, 0) is 0 Å². The summed E-state index contributed by atoms with van der Waals surface area (Å²) in [7, 11) is 3.49. The third-order valence-electron chi connectivity index (χ3n) is 4.18. The third kappa shape index (κ3) is 3.65. The standard InChI is InChI=1S/C20H26IO2/c1-12-8-16(9-13(2)19(12)22-6)18(21-5)17-10-14(3)20(23-7)15(4)11-17/h8-11,18H,1-7H3/q+1. The lowest BCUT2D eigenvalue weighted by Gasteiger charge is -2.15. The van der Waals surface area contributed by atoms with E-state index < -0.39 is 0 Å². The number of aryl methyl sites for hydroxylation is 4. The van der Waals surface area contributed by atoms with Gasteiger partial charge in [0.25, 0.3) is 21.2 Å². The maximum Gasteiger partial charge on any atom is 0.279 e. The Kier molecular flexibility index (Phi) is 5.95. The molecule has 3 heteroatoms. The van der Waals surface area contributed by atoms with E-state index in [1.54, 1.807) is 14.2 Å². The molecule has 0 aliphatic carbocycles. The van der Waals surface area contributed by atoms with Crippen molar-refractivity contribution in [2.24, 2.45) is 0 Å². The molecule has 2 nitrogen and oxygen atoms in total. The van der Waals surface area contributed by atoms with Crippen molar-refractivity contribution in [2.75, 3.05) is 19.2 Å². The van der Waals surface area contributed by atoms with Crippen LogP contribution >= 0.6 is 0 Å². The molecular formula is C20H26IO2+. The summed E-state index contributed by atoms with van der Waals surface area (Å²) in [6.45, 7) is 8.52. The van der Waals surface area contributed by atoms with Gasteiger partial charge in [0.1, 0.15) is 16.4 Å². The van der Waals surface area contributed by atoms with E-state index in [4.69, 9.17) is 9.47 Å². The molecule has 0 N–H and O–H groups in total. The van der Waals surface area contributed by atoms with Crippen LogP contribution in [0.15, 0.2) is 24.3 Å². The molecule has 0 heterocycles. The second kappa shape index (κ2) is 7.56. The summed E-state index contributed by atoms with van der Waals surface area (Å²) in [5.74, 6) is 2.01. The molecule has 0 amide bonds. The Morgan fingerprint density at radius 1 is 0.696 bits per heavy atom. The summed E-state index contributed by atoms with van der Waals surface area (Å²) in [4.78, 5) is 2.35. The van der Waals surface area contributed by atoms with Crippen molar-refractivity contribution in [2.45, 2.75) is 31.6 Å². The van der Waals surface area contributed by atoms with Gasteiger partial charge in [-0.3, -0.25) is 0 Å². The molecule has 0 unspecified atom stereocenters. The Balaban J connectivity index is 2.53. The molecule has 0 aliphatic rings. The lowest BCUT2D eigenvalue weighted by atomic mass is 9.97. The minimum absolute atomic E-state index is 0.0227. The number of hydrogen-bond acceptors (Lipinski definition) is 2. The molecule has 0 spiro atoms. The molecule has 0 saturated carbocycles. The van der Waals surface area contributed by atoms with Crippen molar-refractivity contribution in [3.05, 3.63) is 57.6 Å². The lowest BCUT2D eigenvalue weighted by molar-refractivity contribution is -0.660. The quantitative estimate of drug-likeness (QED) is 0.537. The van der Waals surface area contributed by atoms with Crippen molar-refractivity contribution < 1.29 is 30.7 Å². The van der Waals surface area contributed by atoms with Crippen LogP contribution in [0.1, 0.15) is 37.3 Å². The monoisotopic (exact) mass is 425 g/mol. The highest BCUT2D eigenvalue weighted by molar-refractivity contribution is 5.48. The zero-order valence-corrected chi connectivity index (χ0v) is 17.2. The molecular weight excluding hydrogens is 399 g/mol. The third-order valence-corrected chi connectivity index (χ3v) is 6.86. The highest BCUT2D eigenvalue weighted by Crippen LogP contribution is 2.31. The van der Waals surface area contributed by atoms with Crippen molar-refractivity contribution >= 4 is 0 Å². The second-order valence-corrected chi connectivity index (χ2v) is 8.45. The minimum Gasteiger partial charge on any atom is -0.496 e. The van der Waals surface area contributed by atoms with Gasteiger partial charge in [-0.25, -0.2) is 0 Å². The number of alkyl halides is 2. The van der Waals surface area contributed by atoms with E-state index in [9.17, 15) is 0 Å². The molecule has 124 valence electrons. The normalized spacial score (nSPS) is 11.0. The van der Waals surface area contributed by atoms with Crippen LogP contribution in [0.2, 0.25) is 0 Å². The molecule has 0 bridgehead atoms. The summed E-state index contributed by atoms with van der Waals surface area (Å²) in [5, 5.41) is 0. The topological polar surface area (TPSA) is 18.5 Å². The average molecular weight is 425 g/mol. The molecule has 0 radical (unpaired) electrons. The Labute approximate surface area is 150 Å². The molecule has 0 saturated heterocycles. The van der Waals surface area contributed by atoms with E-state index in [0.29, 0.717) is 3.92 Å². The van der Waals surface area contributed by atoms with Gasteiger partial charge in [-0.15, -0.1) is 0 Å². The van der Waals surface area contributed by atoms with Crippen LogP contribution in [0.3, 0.4) is 0 Å². The fourth-order valence-corrected chi connectivity index (χ4v) is 5.51. The van der Waals surface area contributed by atoms with Crippen LogP contribution in [0.25, 0.3) is 0 Å². The van der Waals surface area contributed by atoms with Gasteiger partial charge in [0.15, 0.2) is 0 Å². The van der Waals surface area contributed by atoms with E-state index in [1.165, 1.54) is 33.4 Å². The van der Waals surface area contributed by atoms with Crippen molar-refractivity contribution in [1.82, 2.24) is 0 Å². The highest BCUT2D eigenvalue weighted by atomic mass is 127. The predicted molar refractivity (Wildman–Crippen MR) is 92.7 cm³/mol. The second-order valence-electron chi connectivity index (χ2n) is 5.96. The van der Waals surface area contributed by atoms with Crippen molar-refractivity contribution in [3.63, 3.8) is 0 Å². The van der Waals surface area contributed by atoms with E-state index in [1.807, 2.05) is 0 Å². The Hall–Kier alpha value is -1.23. The number of methoxy groups -OCH3 is 2. The predicted octanol–water partition coefficient (Wildman–Crippen LogP) is 1.75. The zero-order chi connectivity index (χ0) is 17.1. The summed E-state index contributed by atoms with van der Waals surface area (Å²) in [6, 6.07) is 9.15. The van der Waals surface area contributed by atoms with Crippen LogP contribution in [0.4, 0.5) is 0 Å². The maximum absolute atomic E-state index is 5.51.